The van der Waals surface area contributed by atoms with E-state index < -0.39 is 11.6 Å². The molecule has 0 aliphatic heterocycles. The van der Waals surface area contributed by atoms with Crippen LogP contribution in [-0.2, 0) is 0 Å². The fourth-order valence-corrected chi connectivity index (χ4v) is 1.54. The monoisotopic (exact) mass is 248 g/mol. The number of halogens is 2. The smallest absolute Gasteiger partial charge is 0.168 e. The first-order chi connectivity index (χ1) is 8.63. The van der Waals surface area contributed by atoms with Crippen LogP contribution in [0.4, 0.5) is 8.78 Å². The zero-order valence-corrected chi connectivity index (χ0v) is 9.61. The van der Waals surface area contributed by atoms with Crippen molar-refractivity contribution < 1.29 is 18.3 Å². The third-order valence-corrected chi connectivity index (χ3v) is 2.51. The summed E-state index contributed by atoms with van der Waals surface area (Å²) in [4.78, 5) is 10.8. The van der Waals surface area contributed by atoms with Crippen LogP contribution in [0.5, 0.6) is 11.5 Å². The predicted molar refractivity (Wildman–Crippen MR) is 63.0 cm³/mol. The van der Waals surface area contributed by atoms with Crippen LogP contribution in [-0.4, -0.2) is 6.29 Å². The molecule has 0 aromatic heterocycles. The second kappa shape index (κ2) is 4.96. The molecule has 0 heterocycles. The van der Waals surface area contributed by atoms with Gasteiger partial charge in [0.15, 0.2) is 17.9 Å². The quantitative estimate of drug-likeness (QED) is 0.770. The SMILES string of the molecule is Cc1cccc(Oc2cccc(F)c2C=O)c1F. The number of aryl methyl sites for hydroxylation is 1. The third-order valence-electron chi connectivity index (χ3n) is 2.51. The van der Waals surface area contributed by atoms with E-state index in [0.29, 0.717) is 11.8 Å². The van der Waals surface area contributed by atoms with Gasteiger partial charge in [0.05, 0.1) is 5.56 Å². The van der Waals surface area contributed by atoms with E-state index in [2.05, 4.69) is 0 Å². The predicted octanol–water partition coefficient (Wildman–Crippen LogP) is 3.88. The molecule has 0 saturated carbocycles. The Hall–Kier alpha value is -2.23. The first kappa shape index (κ1) is 12.2. The number of hydrogen-bond acceptors (Lipinski definition) is 2. The summed E-state index contributed by atoms with van der Waals surface area (Å²) in [5.41, 5.74) is 0.190. The maximum absolute atomic E-state index is 13.7. The van der Waals surface area contributed by atoms with E-state index in [1.165, 1.54) is 18.2 Å². The average molecular weight is 248 g/mol. The highest BCUT2D eigenvalue weighted by Crippen LogP contribution is 2.29. The zero-order valence-electron chi connectivity index (χ0n) is 9.61. The van der Waals surface area contributed by atoms with Gasteiger partial charge in [0, 0.05) is 0 Å². The zero-order chi connectivity index (χ0) is 13.1. The second-order valence-corrected chi connectivity index (χ2v) is 3.76. The van der Waals surface area contributed by atoms with Crippen molar-refractivity contribution in [3.05, 3.63) is 59.2 Å². The van der Waals surface area contributed by atoms with Crippen molar-refractivity contribution >= 4 is 6.29 Å². The molecule has 0 spiro atoms. The van der Waals surface area contributed by atoms with Crippen molar-refractivity contribution in [3.63, 3.8) is 0 Å². The topological polar surface area (TPSA) is 26.3 Å². The normalized spacial score (nSPS) is 10.2. The fourth-order valence-electron chi connectivity index (χ4n) is 1.54. The molecular weight excluding hydrogens is 238 g/mol. The van der Waals surface area contributed by atoms with Crippen molar-refractivity contribution in [1.82, 2.24) is 0 Å². The number of carbonyl (C=O) groups excluding carboxylic acids is 1. The van der Waals surface area contributed by atoms with Crippen molar-refractivity contribution in [2.45, 2.75) is 6.92 Å². The molecule has 0 atom stereocenters. The van der Waals surface area contributed by atoms with E-state index in [4.69, 9.17) is 4.74 Å². The maximum atomic E-state index is 13.7. The van der Waals surface area contributed by atoms with Gasteiger partial charge < -0.3 is 4.74 Å². The molecule has 0 saturated heterocycles. The van der Waals surface area contributed by atoms with Gasteiger partial charge in [-0.25, -0.2) is 8.78 Å². The second-order valence-electron chi connectivity index (χ2n) is 3.76. The summed E-state index contributed by atoms with van der Waals surface area (Å²) < 4.78 is 32.3. The average Bonchev–Trinajstić information content (AvgIpc) is 2.35. The lowest BCUT2D eigenvalue weighted by atomic mass is 10.2. The van der Waals surface area contributed by atoms with E-state index in [1.54, 1.807) is 19.1 Å². The molecule has 18 heavy (non-hydrogen) atoms. The number of benzene rings is 2. The van der Waals surface area contributed by atoms with Crippen LogP contribution >= 0.6 is 0 Å². The lowest BCUT2D eigenvalue weighted by molar-refractivity contribution is 0.111. The highest BCUT2D eigenvalue weighted by atomic mass is 19.1. The molecule has 0 radical (unpaired) electrons. The van der Waals surface area contributed by atoms with E-state index in [-0.39, 0.29) is 17.1 Å². The summed E-state index contributed by atoms with van der Waals surface area (Å²) in [5, 5.41) is 0. The summed E-state index contributed by atoms with van der Waals surface area (Å²) in [6, 6.07) is 8.58. The van der Waals surface area contributed by atoms with Crippen molar-refractivity contribution in [2.24, 2.45) is 0 Å². The first-order valence-corrected chi connectivity index (χ1v) is 5.30. The number of carbonyl (C=O) groups is 1. The molecule has 0 aliphatic carbocycles. The van der Waals surface area contributed by atoms with E-state index >= 15 is 0 Å². The molecule has 0 fully saturated rings. The van der Waals surface area contributed by atoms with Gasteiger partial charge in [-0.05, 0) is 30.7 Å². The van der Waals surface area contributed by atoms with Gasteiger partial charge in [-0.3, -0.25) is 4.79 Å². The Morgan fingerprint density at radius 2 is 1.72 bits per heavy atom. The molecule has 92 valence electrons. The number of aldehydes is 1. The molecule has 0 unspecified atom stereocenters. The number of ether oxygens (including phenoxy) is 1. The van der Waals surface area contributed by atoms with Gasteiger partial charge in [0.25, 0.3) is 0 Å². The van der Waals surface area contributed by atoms with Gasteiger partial charge in [0.1, 0.15) is 11.6 Å². The minimum atomic E-state index is -0.699. The molecular formula is C14H10F2O2. The molecule has 2 nitrogen and oxygen atoms in total. The van der Waals surface area contributed by atoms with Crippen molar-refractivity contribution in [1.29, 1.82) is 0 Å². The van der Waals surface area contributed by atoms with E-state index in [1.807, 2.05) is 0 Å². The number of hydrogen-bond donors (Lipinski definition) is 0. The molecule has 0 amide bonds. The van der Waals surface area contributed by atoms with Gasteiger partial charge in [0.2, 0.25) is 0 Å². The van der Waals surface area contributed by atoms with E-state index in [9.17, 15) is 13.6 Å². The van der Waals surface area contributed by atoms with Crippen LogP contribution in [0.15, 0.2) is 36.4 Å². The highest BCUT2D eigenvalue weighted by molar-refractivity contribution is 5.79. The first-order valence-electron chi connectivity index (χ1n) is 5.30. The van der Waals surface area contributed by atoms with Crippen LogP contribution in [0.1, 0.15) is 15.9 Å². The highest BCUT2D eigenvalue weighted by Gasteiger charge is 2.12. The Kier molecular flexibility index (Phi) is 3.37. The molecule has 0 N–H and O–H groups in total. The summed E-state index contributed by atoms with van der Waals surface area (Å²) in [7, 11) is 0. The lowest BCUT2D eigenvalue weighted by Crippen LogP contribution is -1.96. The molecule has 2 rings (SSSR count). The molecule has 2 aromatic rings. The minimum absolute atomic E-state index is 0.00509. The Balaban J connectivity index is 2.43. The Morgan fingerprint density at radius 3 is 2.44 bits per heavy atom. The summed E-state index contributed by atoms with van der Waals surface area (Å²) in [6.07, 6.45) is 0.346. The Morgan fingerprint density at radius 1 is 1.06 bits per heavy atom. The van der Waals surface area contributed by atoms with Gasteiger partial charge in [-0.2, -0.15) is 0 Å². The van der Waals surface area contributed by atoms with Crippen molar-refractivity contribution in [3.8, 4) is 11.5 Å². The van der Waals surface area contributed by atoms with Gasteiger partial charge >= 0.3 is 0 Å². The Labute approximate surface area is 103 Å². The molecule has 2 aromatic carbocycles. The van der Waals surface area contributed by atoms with E-state index in [0.717, 1.165) is 6.07 Å². The van der Waals surface area contributed by atoms with Crippen LogP contribution in [0, 0.1) is 18.6 Å². The summed E-state index contributed by atoms with van der Waals surface area (Å²) in [5.74, 6) is -1.27. The van der Waals surface area contributed by atoms with Crippen LogP contribution in [0.25, 0.3) is 0 Å². The minimum Gasteiger partial charge on any atom is -0.453 e. The summed E-state index contributed by atoms with van der Waals surface area (Å²) in [6.45, 7) is 1.59. The third kappa shape index (κ3) is 2.22. The molecule has 0 bridgehead atoms. The fraction of sp³-hybridized carbons (Fsp3) is 0.0714. The van der Waals surface area contributed by atoms with Crippen LogP contribution in [0.3, 0.4) is 0 Å². The standard InChI is InChI=1S/C14H10F2O2/c1-9-4-2-7-13(14(9)16)18-12-6-3-5-11(15)10(12)8-17/h2-8H,1H3. The Bertz CT molecular complexity index is 594. The maximum Gasteiger partial charge on any atom is 0.168 e. The summed E-state index contributed by atoms with van der Waals surface area (Å²) >= 11 is 0. The van der Waals surface area contributed by atoms with Crippen molar-refractivity contribution in [2.75, 3.05) is 0 Å². The lowest BCUT2D eigenvalue weighted by Gasteiger charge is -2.10. The molecule has 4 heteroatoms. The largest absolute Gasteiger partial charge is 0.453 e. The van der Waals surface area contributed by atoms with Crippen LogP contribution < -0.4 is 4.74 Å². The van der Waals surface area contributed by atoms with Crippen LogP contribution in [0.2, 0.25) is 0 Å². The van der Waals surface area contributed by atoms with Gasteiger partial charge in [-0.1, -0.05) is 18.2 Å². The number of rotatable bonds is 3. The van der Waals surface area contributed by atoms with Gasteiger partial charge in [-0.15, -0.1) is 0 Å². The molecule has 0 aliphatic rings.